The molecule has 238 valence electrons. The topological polar surface area (TPSA) is 23.5 Å². The third-order valence-electron chi connectivity index (χ3n) is 10.5. The third-order valence-corrected chi connectivity index (χ3v) is 10.5. The molecule has 3 aromatic heterocycles. The van der Waals surface area contributed by atoms with Crippen molar-refractivity contribution in [3.63, 3.8) is 0 Å². The molecule has 0 amide bonds. The molecule has 0 bridgehead atoms. The number of benzene rings is 4. The Morgan fingerprint density at radius 1 is 0.562 bits per heavy atom. The van der Waals surface area contributed by atoms with Crippen molar-refractivity contribution in [1.82, 2.24) is 9.13 Å². The maximum absolute atomic E-state index is 2.62. The van der Waals surface area contributed by atoms with Gasteiger partial charge in [-0.2, -0.15) is 4.57 Å². The van der Waals surface area contributed by atoms with Crippen LogP contribution in [-0.4, -0.2) is 35.3 Å². The molecule has 6 heteroatoms. The zero-order valence-electron chi connectivity index (χ0n) is 27.7. The fourth-order valence-corrected chi connectivity index (χ4v) is 7.98. The first-order valence-electron chi connectivity index (χ1n) is 17.1. The average molecular weight is 630 g/mol. The normalized spacial score (nSPS) is 14.4. The number of rotatable bonds is 7. The van der Waals surface area contributed by atoms with Gasteiger partial charge in [-0.1, -0.05) is 60.7 Å². The van der Waals surface area contributed by atoms with E-state index >= 15 is 0 Å². The lowest BCUT2D eigenvalue weighted by Crippen LogP contribution is -2.51. The number of hydrogen-bond donors (Lipinski definition) is 0. The van der Waals surface area contributed by atoms with Crippen molar-refractivity contribution in [3.8, 4) is 0 Å². The number of aryl methyl sites for hydroxylation is 2. The van der Waals surface area contributed by atoms with Crippen LogP contribution in [0.1, 0.15) is 28.3 Å². The summed E-state index contributed by atoms with van der Waals surface area (Å²) in [5.41, 5.74) is 11.7. The van der Waals surface area contributed by atoms with Gasteiger partial charge in [-0.3, -0.25) is 0 Å². The summed E-state index contributed by atoms with van der Waals surface area (Å²) < 4.78 is 6.92. The molecule has 5 heterocycles. The molecule has 6 nitrogen and oxygen atoms in total. The number of aromatic nitrogens is 3. The van der Waals surface area contributed by atoms with Crippen molar-refractivity contribution in [1.29, 1.82) is 0 Å². The zero-order chi connectivity index (χ0) is 32.2. The summed E-state index contributed by atoms with van der Waals surface area (Å²) in [6.45, 7) is 5.85. The van der Waals surface area contributed by atoms with E-state index in [4.69, 9.17) is 0 Å². The molecule has 9 rings (SSSR count). The number of hydrogen-bond acceptors (Lipinski definition) is 3. The molecule has 4 aromatic carbocycles. The van der Waals surface area contributed by atoms with E-state index in [1.807, 2.05) is 0 Å². The first-order chi connectivity index (χ1) is 23.6. The number of anilines is 3. The largest absolute Gasteiger partial charge is 0.364 e. The highest BCUT2D eigenvalue weighted by molar-refractivity contribution is 5.86. The van der Waals surface area contributed by atoms with Crippen molar-refractivity contribution in [2.45, 2.75) is 19.1 Å². The Hall–Kier alpha value is -5.49. The second kappa shape index (κ2) is 11.6. The van der Waals surface area contributed by atoms with E-state index in [1.54, 1.807) is 0 Å². The van der Waals surface area contributed by atoms with E-state index in [1.165, 1.54) is 61.1 Å². The number of fused-ring (bicyclic) bond motifs is 2. The molecule has 2 aliphatic heterocycles. The Balaban J connectivity index is 1.25. The summed E-state index contributed by atoms with van der Waals surface area (Å²) in [6.07, 6.45) is 9.20. The van der Waals surface area contributed by atoms with E-state index < -0.39 is 0 Å². The first-order valence-corrected chi connectivity index (χ1v) is 17.1. The molecule has 2 aliphatic rings. The van der Waals surface area contributed by atoms with E-state index in [2.05, 4.69) is 176 Å². The Morgan fingerprint density at radius 2 is 1.04 bits per heavy atom. The molecule has 0 saturated heterocycles. The second-order valence-corrected chi connectivity index (χ2v) is 13.5. The summed E-state index contributed by atoms with van der Waals surface area (Å²) in [4.78, 5) is 7.83. The van der Waals surface area contributed by atoms with Gasteiger partial charge < -0.3 is 23.8 Å². The monoisotopic (exact) mass is 629 g/mol. The summed E-state index contributed by atoms with van der Waals surface area (Å²) in [5, 5.41) is 2.53. The maximum Gasteiger partial charge on any atom is 0.209 e. The number of nitrogens with zero attached hydrogens (tertiary/aromatic N) is 6. The van der Waals surface area contributed by atoms with Gasteiger partial charge in [0.25, 0.3) is 0 Å². The molecule has 0 fully saturated rings. The standard InChI is InChI=1S/C42H41N6/c1-43-19-17-33-25-35(13-15-37(33)43)41(36-14-16-38-34(26-36)18-20-44(38)2)48-29-39-42-40(30-48)47(28-32-11-7-4-8-12-32)24-22-45(42)21-23-46(39)27-31-9-5-3-6-10-31/h3-20,25-26,29-30,41H,21-24,27-28H2,1-2H3/q+1. The highest BCUT2D eigenvalue weighted by atomic mass is 15.3. The molecular weight excluding hydrogens is 589 g/mol. The zero-order valence-corrected chi connectivity index (χ0v) is 27.7. The fourth-order valence-electron chi connectivity index (χ4n) is 7.98. The van der Waals surface area contributed by atoms with Gasteiger partial charge in [0.05, 0.1) is 5.69 Å². The quantitative estimate of drug-likeness (QED) is 0.171. The van der Waals surface area contributed by atoms with Crippen molar-refractivity contribution in [2.75, 3.05) is 40.9 Å². The predicted octanol–water partition coefficient (Wildman–Crippen LogP) is 7.44. The minimum atomic E-state index is -0.00443. The highest BCUT2D eigenvalue weighted by Crippen LogP contribution is 2.44. The van der Waals surface area contributed by atoms with Crippen LogP contribution in [0.15, 0.2) is 134 Å². The molecule has 0 aliphatic carbocycles. The van der Waals surface area contributed by atoms with Gasteiger partial charge in [0.2, 0.25) is 6.04 Å². The van der Waals surface area contributed by atoms with Crippen molar-refractivity contribution >= 4 is 38.9 Å². The molecule has 0 radical (unpaired) electrons. The predicted molar refractivity (Wildman–Crippen MR) is 197 cm³/mol. The van der Waals surface area contributed by atoms with Crippen LogP contribution in [0, 0.1) is 0 Å². The van der Waals surface area contributed by atoms with Gasteiger partial charge in [0.15, 0.2) is 12.4 Å². The van der Waals surface area contributed by atoms with Crippen LogP contribution in [0.2, 0.25) is 0 Å². The minimum Gasteiger partial charge on any atom is -0.364 e. The Morgan fingerprint density at radius 3 is 1.52 bits per heavy atom. The highest BCUT2D eigenvalue weighted by Gasteiger charge is 2.37. The lowest BCUT2D eigenvalue weighted by Gasteiger charge is -2.44. The minimum absolute atomic E-state index is 0.00443. The molecule has 0 atom stereocenters. The van der Waals surface area contributed by atoms with Gasteiger partial charge >= 0.3 is 0 Å². The van der Waals surface area contributed by atoms with Crippen LogP contribution in [0.25, 0.3) is 21.8 Å². The average Bonchev–Trinajstić information content (AvgIpc) is 3.69. The first kappa shape index (κ1) is 28.7. The Bertz CT molecular complexity index is 2090. The third kappa shape index (κ3) is 5.00. The molecular formula is C42H41N6+. The van der Waals surface area contributed by atoms with Gasteiger partial charge in [0, 0.05) is 98.7 Å². The van der Waals surface area contributed by atoms with E-state index in [9.17, 15) is 0 Å². The lowest BCUT2D eigenvalue weighted by molar-refractivity contribution is -0.703. The SMILES string of the molecule is Cn1ccc2cc(C(c3ccc4c(ccn4C)c3)[n+]3cc4c5c(c3)N(Cc3ccccc3)CCN5CCN4Cc3ccccc3)ccc21. The van der Waals surface area contributed by atoms with Gasteiger partial charge in [0.1, 0.15) is 11.4 Å². The molecule has 0 N–H and O–H groups in total. The Kier molecular flexibility index (Phi) is 6.96. The van der Waals surface area contributed by atoms with Crippen LogP contribution >= 0.6 is 0 Å². The second-order valence-electron chi connectivity index (χ2n) is 13.5. The van der Waals surface area contributed by atoms with E-state index in [0.717, 1.165) is 39.3 Å². The maximum atomic E-state index is 2.62. The summed E-state index contributed by atoms with van der Waals surface area (Å²) in [6, 6.07) is 40.3. The lowest BCUT2D eigenvalue weighted by atomic mass is 9.95. The summed E-state index contributed by atoms with van der Waals surface area (Å²) >= 11 is 0. The van der Waals surface area contributed by atoms with Gasteiger partial charge in [-0.15, -0.1) is 0 Å². The van der Waals surface area contributed by atoms with Crippen LogP contribution in [-0.2, 0) is 27.2 Å². The number of pyridine rings is 1. The van der Waals surface area contributed by atoms with Crippen LogP contribution < -0.4 is 19.3 Å². The van der Waals surface area contributed by atoms with Crippen molar-refractivity contribution in [3.05, 3.63) is 156 Å². The van der Waals surface area contributed by atoms with Gasteiger partial charge in [-0.25, -0.2) is 0 Å². The van der Waals surface area contributed by atoms with E-state index in [-0.39, 0.29) is 6.04 Å². The molecule has 0 saturated carbocycles. The molecule has 0 spiro atoms. The Labute approximate surface area is 282 Å². The molecule has 48 heavy (non-hydrogen) atoms. The summed E-state index contributed by atoms with van der Waals surface area (Å²) in [5.74, 6) is 0. The van der Waals surface area contributed by atoms with Crippen molar-refractivity contribution < 1.29 is 4.57 Å². The van der Waals surface area contributed by atoms with E-state index in [0.29, 0.717) is 0 Å². The van der Waals surface area contributed by atoms with Crippen LogP contribution in [0.4, 0.5) is 17.1 Å². The van der Waals surface area contributed by atoms with Crippen LogP contribution in [0.5, 0.6) is 0 Å². The van der Waals surface area contributed by atoms with Crippen molar-refractivity contribution in [2.24, 2.45) is 14.1 Å². The smallest absolute Gasteiger partial charge is 0.209 e. The fraction of sp³-hybridized carbons (Fsp3) is 0.214. The van der Waals surface area contributed by atoms with Crippen LogP contribution in [0.3, 0.4) is 0 Å². The molecule has 0 unspecified atom stereocenters. The molecule has 7 aromatic rings. The summed E-state index contributed by atoms with van der Waals surface area (Å²) in [7, 11) is 4.25. The van der Waals surface area contributed by atoms with Gasteiger partial charge in [-0.05, 0) is 59.7 Å².